The molecule has 0 saturated heterocycles. The Morgan fingerprint density at radius 3 is 2.28 bits per heavy atom. The Morgan fingerprint density at radius 2 is 1.59 bits per heavy atom. The van der Waals surface area contributed by atoms with Gasteiger partial charge >= 0.3 is 5.97 Å². The summed E-state index contributed by atoms with van der Waals surface area (Å²) in [5, 5.41) is 2.63. The van der Waals surface area contributed by atoms with Gasteiger partial charge in [-0.05, 0) is 42.8 Å². The molecule has 5 nitrogen and oxygen atoms in total. The number of anilines is 1. The smallest absolute Gasteiger partial charge is 0.345 e. The third-order valence-electron chi connectivity index (χ3n) is 4.14. The van der Waals surface area contributed by atoms with Gasteiger partial charge in [0.1, 0.15) is 11.6 Å². The van der Waals surface area contributed by atoms with Crippen LogP contribution in [0.15, 0.2) is 78.9 Å². The van der Waals surface area contributed by atoms with E-state index in [9.17, 15) is 14.0 Å². The van der Waals surface area contributed by atoms with Crippen molar-refractivity contribution in [2.24, 2.45) is 0 Å². The van der Waals surface area contributed by atoms with Gasteiger partial charge in [0.2, 0.25) is 6.10 Å². The van der Waals surface area contributed by atoms with Crippen LogP contribution in [0.3, 0.4) is 0 Å². The van der Waals surface area contributed by atoms with Crippen LogP contribution in [0.1, 0.15) is 17.2 Å². The molecule has 0 aliphatic heterocycles. The van der Waals surface area contributed by atoms with E-state index in [4.69, 9.17) is 9.47 Å². The van der Waals surface area contributed by atoms with Gasteiger partial charge in [-0.2, -0.15) is 0 Å². The lowest BCUT2D eigenvalue weighted by Gasteiger charge is -2.18. The maximum Gasteiger partial charge on any atom is 0.345 e. The van der Waals surface area contributed by atoms with Crippen LogP contribution >= 0.6 is 0 Å². The van der Waals surface area contributed by atoms with Crippen molar-refractivity contribution >= 4 is 17.6 Å². The highest BCUT2D eigenvalue weighted by atomic mass is 19.1. The maximum atomic E-state index is 13.1. The molecule has 29 heavy (non-hydrogen) atoms. The highest BCUT2D eigenvalue weighted by Crippen LogP contribution is 2.21. The van der Waals surface area contributed by atoms with Gasteiger partial charge in [-0.15, -0.1) is 0 Å². The molecule has 3 aromatic rings. The molecule has 0 aliphatic rings. The fraction of sp³-hybridized carbons (Fsp3) is 0.130. The van der Waals surface area contributed by atoms with E-state index in [1.807, 2.05) is 19.1 Å². The first-order valence-corrected chi connectivity index (χ1v) is 9.02. The molecule has 0 radical (unpaired) electrons. The zero-order valence-corrected chi connectivity index (χ0v) is 15.8. The molecule has 0 aliphatic carbocycles. The van der Waals surface area contributed by atoms with Crippen molar-refractivity contribution in [3.63, 3.8) is 0 Å². The first-order valence-electron chi connectivity index (χ1n) is 9.02. The van der Waals surface area contributed by atoms with Crippen molar-refractivity contribution in [3.05, 3.63) is 95.8 Å². The van der Waals surface area contributed by atoms with Crippen molar-refractivity contribution in [1.82, 2.24) is 0 Å². The molecule has 0 spiro atoms. The Morgan fingerprint density at radius 1 is 0.931 bits per heavy atom. The minimum absolute atomic E-state index is 0.335. The number of carbonyl (C=O) groups is 2. The first kappa shape index (κ1) is 20.1. The third kappa shape index (κ3) is 5.65. The number of hydrogen-bond acceptors (Lipinski definition) is 4. The number of esters is 1. The highest BCUT2D eigenvalue weighted by molar-refractivity contribution is 5.96. The van der Waals surface area contributed by atoms with Gasteiger partial charge < -0.3 is 14.8 Å². The van der Waals surface area contributed by atoms with Gasteiger partial charge in [0, 0.05) is 11.3 Å². The summed E-state index contributed by atoms with van der Waals surface area (Å²) in [6.07, 6.45) is -1.17. The number of aryl methyl sites for hydroxylation is 1. The Labute approximate surface area is 168 Å². The molecular weight excluding hydrogens is 373 g/mol. The first-order chi connectivity index (χ1) is 14.0. The van der Waals surface area contributed by atoms with E-state index in [2.05, 4.69) is 5.32 Å². The summed E-state index contributed by atoms with van der Waals surface area (Å²) in [7, 11) is 0. The summed E-state index contributed by atoms with van der Waals surface area (Å²) in [5.74, 6) is -1.08. The number of halogens is 1. The summed E-state index contributed by atoms with van der Waals surface area (Å²) < 4.78 is 24.0. The highest BCUT2D eigenvalue weighted by Gasteiger charge is 2.25. The second kappa shape index (κ2) is 9.50. The lowest BCUT2D eigenvalue weighted by molar-refractivity contribution is -0.156. The minimum Gasteiger partial charge on any atom is -0.482 e. The van der Waals surface area contributed by atoms with Gasteiger partial charge in [0.25, 0.3) is 5.91 Å². The Kier molecular flexibility index (Phi) is 6.58. The van der Waals surface area contributed by atoms with E-state index in [1.54, 1.807) is 42.5 Å². The Hall–Kier alpha value is -3.67. The van der Waals surface area contributed by atoms with Gasteiger partial charge in [-0.3, -0.25) is 4.79 Å². The molecule has 0 unspecified atom stereocenters. The topological polar surface area (TPSA) is 64.6 Å². The van der Waals surface area contributed by atoms with Gasteiger partial charge in [0.15, 0.2) is 6.61 Å². The summed E-state index contributed by atoms with van der Waals surface area (Å²) in [6, 6.07) is 21.2. The van der Waals surface area contributed by atoms with Crippen LogP contribution in [0.2, 0.25) is 0 Å². The second-order valence-electron chi connectivity index (χ2n) is 6.33. The predicted molar refractivity (Wildman–Crippen MR) is 107 cm³/mol. The normalized spacial score (nSPS) is 11.4. The molecule has 1 N–H and O–H groups in total. The summed E-state index contributed by atoms with van der Waals surface area (Å²) in [5.41, 5.74) is 1.79. The van der Waals surface area contributed by atoms with Crippen LogP contribution in [0.25, 0.3) is 0 Å². The summed E-state index contributed by atoms with van der Waals surface area (Å²) in [4.78, 5) is 25.1. The molecule has 6 heteroatoms. The third-order valence-corrected chi connectivity index (χ3v) is 4.14. The molecule has 1 atom stereocenters. The lowest BCUT2D eigenvalue weighted by Crippen LogP contribution is -2.28. The second-order valence-corrected chi connectivity index (χ2v) is 6.33. The van der Waals surface area contributed by atoms with Crippen LogP contribution in [0, 0.1) is 12.7 Å². The Balaban J connectivity index is 1.70. The SMILES string of the molecule is Cc1ccccc1OCC(=O)O[C@@H](C(=O)Nc1ccc(F)cc1)c1ccccc1. The zero-order chi connectivity index (χ0) is 20.6. The number of benzene rings is 3. The van der Waals surface area contributed by atoms with Crippen LogP contribution in [0.5, 0.6) is 5.75 Å². The average Bonchev–Trinajstić information content (AvgIpc) is 2.73. The molecule has 0 aromatic heterocycles. The van der Waals surface area contributed by atoms with E-state index < -0.39 is 23.8 Å². The molecule has 0 fully saturated rings. The molecule has 1 amide bonds. The minimum atomic E-state index is -1.17. The van der Waals surface area contributed by atoms with Gasteiger partial charge in [-0.1, -0.05) is 48.5 Å². The zero-order valence-electron chi connectivity index (χ0n) is 15.8. The quantitative estimate of drug-likeness (QED) is 0.603. The van der Waals surface area contributed by atoms with Crippen LogP contribution in [0.4, 0.5) is 10.1 Å². The summed E-state index contributed by atoms with van der Waals surface area (Å²) in [6.45, 7) is 1.53. The van der Waals surface area contributed by atoms with Crippen molar-refractivity contribution in [2.45, 2.75) is 13.0 Å². The Bertz CT molecular complexity index is 974. The van der Waals surface area contributed by atoms with Gasteiger partial charge in [-0.25, -0.2) is 9.18 Å². The molecule has 0 bridgehead atoms. The molecule has 3 rings (SSSR count). The van der Waals surface area contributed by atoms with E-state index in [1.165, 1.54) is 24.3 Å². The van der Waals surface area contributed by atoms with E-state index in [0.29, 0.717) is 17.0 Å². The number of carbonyl (C=O) groups excluding carboxylic acids is 2. The standard InChI is InChI=1S/C23H20FNO4/c1-16-7-5-6-10-20(16)28-15-21(26)29-22(17-8-3-2-4-9-17)23(27)25-19-13-11-18(24)12-14-19/h2-14,22H,15H2,1H3,(H,25,27)/t22-/m1/s1. The fourth-order valence-corrected chi connectivity index (χ4v) is 2.66. The van der Waals surface area contributed by atoms with Crippen molar-refractivity contribution in [2.75, 3.05) is 11.9 Å². The largest absolute Gasteiger partial charge is 0.482 e. The number of amides is 1. The van der Waals surface area contributed by atoms with Crippen LogP contribution in [-0.4, -0.2) is 18.5 Å². The van der Waals surface area contributed by atoms with Crippen molar-refractivity contribution < 1.29 is 23.5 Å². The number of rotatable bonds is 7. The maximum absolute atomic E-state index is 13.1. The molecule has 3 aromatic carbocycles. The predicted octanol–water partition coefficient (Wildman–Crippen LogP) is 4.44. The molecule has 148 valence electrons. The van der Waals surface area contributed by atoms with E-state index in [0.717, 1.165) is 5.56 Å². The molecule has 0 heterocycles. The number of hydrogen-bond donors (Lipinski definition) is 1. The molecule has 0 saturated carbocycles. The van der Waals surface area contributed by atoms with Gasteiger partial charge in [0.05, 0.1) is 0 Å². The lowest BCUT2D eigenvalue weighted by atomic mass is 10.1. The van der Waals surface area contributed by atoms with Crippen LogP contribution < -0.4 is 10.1 Å². The van der Waals surface area contributed by atoms with Crippen LogP contribution in [-0.2, 0) is 14.3 Å². The van der Waals surface area contributed by atoms with Crippen molar-refractivity contribution in [1.29, 1.82) is 0 Å². The van der Waals surface area contributed by atoms with Crippen molar-refractivity contribution in [3.8, 4) is 5.75 Å². The van der Waals surface area contributed by atoms with E-state index >= 15 is 0 Å². The average molecular weight is 393 g/mol. The number of para-hydroxylation sites is 1. The van der Waals surface area contributed by atoms with E-state index in [-0.39, 0.29) is 6.61 Å². The molecular formula is C23H20FNO4. The number of ether oxygens (including phenoxy) is 2. The number of nitrogens with one attached hydrogen (secondary N) is 1. The fourth-order valence-electron chi connectivity index (χ4n) is 2.66. The summed E-state index contributed by atoms with van der Waals surface area (Å²) >= 11 is 0. The monoisotopic (exact) mass is 393 g/mol.